The highest BCUT2D eigenvalue weighted by Gasteiger charge is 2.37. The highest BCUT2D eigenvalue weighted by Crippen LogP contribution is 2.35. The second-order valence-electron chi connectivity index (χ2n) is 7.49. The van der Waals surface area contributed by atoms with Crippen molar-refractivity contribution in [3.8, 4) is 0 Å². The summed E-state index contributed by atoms with van der Waals surface area (Å²) in [4.78, 5) is 22.9. The third-order valence-corrected chi connectivity index (χ3v) is 5.94. The van der Waals surface area contributed by atoms with Crippen molar-refractivity contribution < 1.29 is 9.18 Å². The number of rotatable bonds is 3. The summed E-state index contributed by atoms with van der Waals surface area (Å²) in [6.07, 6.45) is 4.20. The van der Waals surface area contributed by atoms with Crippen molar-refractivity contribution in [1.82, 2.24) is 34.3 Å². The van der Waals surface area contributed by atoms with Crippen LogP contribution in [0.3, 0.4) is 0 Å². The van der Waals surface area contributed by atoms with Gasteiger partial charge in [-0.3, -0.25) is 9.48 Å². The second-order valence-corrected chi connectivity index (χ2v) is 8.07. The first-order valence-electron chi connectivity index (χ1n) is 9.65. The van der Waals surface area contributed by atoms with Crippen LogP contribution >= 0.6 is 9.24 Å². The van der Waals surface area contributed by atoms with Crippen molar-refractivity contribution in [2.24, 2.45) is 7.05 Å². The van der Waals surface area contributed by atoms with E-state index in [1.54, 1.807) is 18.3 Å². The zero-order valence-electron chi connectivity index (χ0n) is 16.6. The van der Waals surface area contributed by atoms with E-state index >= 15 is 0 Å². The van der Waals surface area contributed by atoms with Gasteiger partial charge in [0.05, 0.1) is 23.2 Å². The lowest BCUT2D eigenvalue weighted by Gasteiger charge is -2.33. The van der Waals surface area contributed by atoms with Gasteiger partial charge in [0.1, 0.15) is 17.4 Å². The predicted molar refractivity (Wildman–Crippen MR) is 112 cm³/mol. The molecule has 1 amide bonds. The average Bonchev–Trinajstić information content (AvgIpc) is 3.44. The summed E-state index contributed by atoms with van der Waals surface area (Å²) in [5.41, 5.74) is 5.14. The Balaban J connectivity index is 1.62. The zero-order valence-corrected chi connectivity index (χ0v) is 17.7. The normalized spacial score (nSPS) is 17.3. The van der Waals surface area contributed by atoms with Crippen molar-refractivity contribution >= 4 is 20.7 Å². The average molecular weight is 425 g/mol. The number of hydrogen-bond acceptors (Lipinski definition) is 4. The third kappa shape index (κ3) is 2.92. The number of amides is 1. The quantitative estimate of drug-likeness (QED) is 0.512. The second kappa shape index (κ2) is 7.02. The van der Waals surface area contributed by atoms with Gasteiger partial charge in [-0.25, -0.2) is 13.9 Å². The van der Waals surface area contributed by atoms with Crippen LogP contribution in [0, 0.1) is 6.92 Å². The minimum absolute atomic E-state index is 0.211. The van der Waals surface area contributed by atoms with Gasteiger partial charge in [0.15, 0.2) is 5.91 Å². The van der Waals surface area contributed by atoms with Gasteiger partial charge in [0.2, 0.25) is 0 Å². The van der Waals surface area contributed by atoms with Gasteiger partial charge in [0.25, 0.3) is 5.91 Å². The van der Waals surface area contributed by atoms with Gasteiger partial charge < -0.3 is 9.88 Å². The molecule has 0 saturated carbocycles. The number of fused-ring (bicyclic) bond motifs is 2. The molecule has 0 radical (unpaired) electrons. The lowest BCUT2D eigenvalue weighted by atomic mass is 9.99. The monoisotopic (exact) mass is 425 g/mol. The molecule has 30 heavy (non-hydrogen) atoms. The lowest BCUT2D eigenvalue weighted by molar-refractivity contribution is 0.0675. The molecule has 1 aliphatic rings. The molecule has 2 unspecified atom stereocenters. The molecule has 1 N–H and O–H groups in total. The Kier molecular flexibility index (Phi) is 4.43. The Bertz CT molecular complexity index is 1260. The Hall–Kier alpha value is -3.06. The van der Waals surface area contributed by atoms with Crippen LogP contribution < -0.4 is 0 Å². The first-order valence-corrected chi connectivity index (χ1v) is 10.3. The van der Waals surface area contributed by atoms with Crippen molar-refractivity contribution in [1.29, 1.82) is 0 Å². The molecule has 0 spiro atoms. The Morgan fingerprint density at radius 3 is 2.93 bits per heavy atom. The van der Waals surface area contributed by atoms with E-state index in [1.165, 1.54) is 10.7 Å². The summed E-state index contributed by atoms with van der Waals surface area (Å²) in [6, 6.07) is 7.03. The van der Waals surface area contributed by atoms with Gasteiger partial charge in [0, 0.05) is 31.9 Å². The van der Waals surface area contributed by atoms with Crippen LogP contribution in [0.15, 0.2) is 36.8 Å². The molecule has 0 aromatic carbocycles. The molecule has 5 heterocycles. The fourth-order valence-corrected chi connectivity index (χ4v) is 4.24. The molecular formula is C20H21FN7OP. The number of imidazole rings is 1. The summed E-state index contributed by atoms with van der Waals surface area (Å²) in [5.74, 6) is -1.55. The number of carbonyl (C=O) groups excluding carboxylic acids is 1. The molecular weight excluding hydrogens is 404 g/mol. The third-order valence-electron chi connectivity index (χ3n) is 5.60. The summed E-state index contributed by atoms with van der Waals surface area (Å²) < 4.78 is 17.0. The van der Waals surface area contributed by atoms with Crippen LogP contribution in [0.25, 0.3) is 5.52 Å². The van der Waals surface area contributed by atoms with E-state index in [2.05, 4.69) is 24.3 Å². The molecule has 4 aromatic heterocycles. The number of nitrogens with zero attached hydrogens (tertiary/aromatic N) is 6. The maximum Gasteiger partial charge on any atom is 0.273 e. The molecule has 3 atom stereocenters. The standard InChI is InChI=1S/C20H21FN7OP/c1-11-4-3-6-28-15(11)8-13(25-28)18-17-12(22-10-23-17)5-7-27(18)20(29)16-9-14(19(21)30)24-26(16)2/h3-4,6,8-10,18-19H,5,7,30H2,1-2H3,(H,22,23)/t18-,19?/m0/s1. The van der Waals surface area contributed by atoms with Crippen LogP contribution in [0.2, 0.25) is 0 Å². The van der Waals surface area contributed by atoms with E-state index in [1.807, 2.05) is 35.8 Å². The maximum atomic E-state index is 13.7. The van der Waals surface area contributed by atoms with Gasteiger partial charge >= 0.3 is 0 Å². The number of aryl methyl sites for hydroxylation is 2. The van der Waals surface area contributed by atoms with Crippen LogP contribution in [0.5, 0.6) is 0 Å². The molecule has 0 aliphatic carbocycles. The molecule has 10 heteroatoms. The summed E-state index contributed by atoms with van der Waals surface area (Å²) in [5, 5.41) is 8.88. The van der Waals surface area contributed by atoms with E-state index in [9.17, 15) is 9.18 Å². The first-order chi connectivity index (χ1) is 14.4. The Morgan fingerprint density at radius 2 is 2.20 bits per heavy atom. The molecule has 0 bridgehead atoms. The number of aromatic amines is 1. The largest absolute Gasteiger partial charge is 0.348 e. The summed E-state index contributed by atoms with van der Waals surface area (Å²) in [6.45, 7) is 2.52. The van der Waals surface area contributed by atoms with Crippen molar-refractivity contribution in [3.63, 3.8) is 0 Å². The Morgan fingerprint density at radius 1 is 1.37 bits per heavy atom. The number of nitrogens with one attached hydrogen (secondary N) is 1. The fourth-order valence-electron chi connectivity index (χ4n) is 4.08. The number of pyridine rings is 1. The van der Waals surface area contributed by atoms with Crippen LogP contribution in [-0.4, -0.2) is 46.7 Å². The number of alkyl halides is 1. The van der Waals surface area contributed by atoms with E-state index in [4.69, 9.17) is 5.10 Å². The summed E-state index contributed by atoms with van der Waals surface area (Å²) in [7, 11) is 3.71. The van der Waals surface area contributed by atoms with Gasteiger partial charge in [-0.2, -0.15) is 10.2 Å². The predicted octanol–water partition coefficient (Wildman–Crippen LogP) is 2.73. The molecule has 4 aromatic rings. The van der Waals surface area contributed by atoms with Crippen molar-refractivity contribution in [3.05, 3.63) is 70.8 Å². The number of halogens is 1. The van der Waals surface area contributed by atoms with Crippen LogP contribution in [-0.2, 0) is 13.5 Å². The van der Waals surface area contributed by atoms with Crippen molar-refractivity contribution in [2.75, 3.05) is 6.54 Å². The minimum atomic E-state index is -1.32. The molecule has 154 valence electrons. The van der Waals surface area contributed by atoms with Gasteiger partial charge in [-0.1, -0.05) is 15.3 Å². The highest BCUT2D eigenvalue weighted by atomic mass is 31.0. The molecule has 0 saturated heterocycles. The molecule has 5 rings (SSSR count). The maximum absolute atomic E-state index is 13.7. The molecule has 1 aliphatic heterocycles. The number of aromatic nitrogens is 6. The number of carbonyl (C=O) groups is 1. The Labute approximate surface area is 174 Å². The van der Waals surface area contributed by atoms with E-state index in [-0.39, 0.29) is 11.6 Å². The van der Waals surface area contributed by atoms with Crippen molar-refractivity contribution in [2.45, 2.75) is 25.3 Å². The first kappa shape index (κ1) is 18.9. The zero-order chi connectivity index (χ0) is 21.0. The van der Waals surface area contributed by atoms with Gasteiger partial charge in [-0.05, 0) is 30.7 Å². The van der Waals surface area contributed by atoms with Crippen LogP contribution in [0.4, 0.5) is 4.39 Å². The topological polar surface area (TPSA) is 84.1 Å². The van der Waals surface area contributed by atoms with Gasteiger partial charge in [-0.15, -0.1) is 0 Å². The number of hydrogen-bond donors (Lipinski definition) is 1. The van der Waals surface area contributed by atoms with E-state index < -0.39 is 12.0 Å². The fraction of sp³-hybridized carbons (Fsp3) is 0.300. The minimum Gasteiger partial charge on any atom is -0.348 e. The molecule has 8 nitrogen and oxygen atoms in total. The SMILES string of the molecule is Cc1cccn2nc([C@H]3c4nc[nH]c4CCN3C(=O)c3cc(C(F)P)nn3C)cc12. The van der Waals surface area contributed by atoms with E-state index in [0.717, 1.165) is 28.2 Å². The van der Waals surface area contributed by atoms with Crippen LogP contribution in [0.1, 0.15) is 50.8 Å². The lowest BCUT2D eigenvalue weighted by Crippen LogP contribution is -2.41. The molecule has 0 fully saturated rings. The summed E-state index contributed by atoms with van der Waals surface area (Å²) >= 11 is 0. The van der Waals surface area contributed by atoms with E-state index in [0.29, 0.717) is 18.7 Å². The smallest absolute Gasteiger partial charge is 0.273 e. The number of H-pyrrole nitrogens is 1. The highest BCUT2D eigenvalue weighted by molar-refractivity contribution is 7.16.